The van der Waals surface area contributed by atoms with Gasteiger partial charge in [0.1, 0.15) is 17.1 Å². The van der Waals surface area contributed by atoms with Crippen LogP contribution in [0.15, 0.2) is 56.3 Å². The van der Waals surface area contributed by atoms with E-state index in [1.54, 1.807) is 25.5 Å². The molecule has 0 radical (unpaired) electrons. The van der Waals surface area contributed by atoms with Crippen LogP contribution in [-0.4, -0.2) is 18.1 Å². The molecule has 0 bridgehead atoms. The van der Waals surface area contributed by atoms with Gasteiger partial charge >= 0.3 is 5.63 Å². The van der Waals surface area contributed by atoms with Gasteiger partial charge in [0.2, 0.25) is 0 Å². The fourth-order valence-electron chi connectivity index (χ4n) is 4.65. The number of hydrogen-bond acceptors (Lipinski definition) is 5. The van der Waals surface area contributed by atoms with E-state index < -0.39 is 0 Å². The van der Waals surface area contributed by atoms with Crippen molar-refractivity contribution in [1.82, 2.24) is 4.90 Å². The maximum Gasteiger partial charge on any atom is 0.336 e. The van der Waals surface area contributed by atoms with Crippen LogP contribution in [0.5, 0.6) is 5.75 Å². The molecule has 0 aliphatic heterocycles. The molecule has 1 fully saturated rings. The second kappa shape index (κ2) is 8.46. The summed E-state index contributed by atoms with van der Waals surface area (Å²) in [5, 5.41) is 0.921. The third-order valence-electron chi connectivity index (χ3n) is 6.48. The van der Waals surface area contributed by atoms with Crippen LogP contribution in [0.3, 0.4) is 0 Å². The summed E-state index contributed by atoms with van der Waals surface area (Å²) in [5.41, 5.74) is 1.24. The highest BCUT2D eigenvalue weighted by molar-refractivity contribution is 5.81. The summed E-state index contributed by atoms with van der Waals surface area (Å²) in [6.45, 7) is 6.08. The van der Waals surface area contributed by atoms with Crippen molar-refractivity contribution in [3.63, 3.8) is 0 Å². The Morgan fingerprint density at radius 1 is 1.14 bits per heavy atom. The van der Waals surface area contributed by atoms with Crippen molar-refractivity contribution in [2.24, 2.45) is 11.8 Å². The van der Waals surface area contributed by atoms with E-state index in [1.165, 1.54) is 12.8 Å². The number of rotatable bonds is 6. The van der Waals surface area contributed by atoms with Gasteiger partial charge in [-0.05, 0) is 54.2 Å². The van der Waals surface area contributed by atoms with Crippen molar-refractivity contribution in [1.29, 1.82) is 0 Å². The Labute approximate surface area is 171 Å². The lowest BCUT2D eigenvalue weighted by Gasteiger charge is -2.41. The molecular formula is C24H29NO4. The molecule has 1 aliphatic rings. The summed E-state index contributed by atoms with van der Waals surface area (Å²) in [6.07, 6.45) is 5.39. The summed E-state index contributed by atoms with van der Waals surface area (Å²) in [5.74, 6) is 2.97. The van der Waals surface area contributed by atoms with Crippen LogP contribution in [0, 0.1) is 11.8 Å². The average Bonchev–Trinajstić information content (AvgIpc) is 3.22. The lowest BCUT2D eigenvalue weighted by molar-refractivity contribution is 0.0634. The van der Waals surface area contributed by atoms with Crippen LogP contribution in [0.4, 0.5) is 0 Å². The second-order valence-corrected chi connectivity index (χ2v) is 8.27. The van der Waals surface area contributed by atoms with Crippen LogP contribution < -0.4 is 10.4 Å². The lowest BCUT2D eigenvalue weighted by Crippen LogP contribution is -2.43. The number of methoxy groups -OCH3 is 1. The predicted octanol–water partition coefficient (Wildman–Crippen LogP) is 5.22. The van der Waals surface area contributed by atoms with Crippen LogP contribution in [0.2, 0.25) is 0 Å². The minimum atomic E-state index is -0.319. The number of hydrogen-bond donors (Lipinski definition) is 0. The zero-order chi connectivity index (χ0) is 20.4. The van der Waals surface area contributed by atoms with Gasteiger partial charge in [-0.3, -0.25) is 4.90 Å². The Morgan fingerprint density at radius 2 is 2.00 bits per heavy atom. The molecule has 5 nitrogen and oxygen atoms in total. The maximum atomic E-state index is 12.2. The third kappa shape index (κ3) is 4.25. The van der Waals surface area contributed by atoms with Gasteiger partial charge in [-0.25, -0.2) is 4.79 Å². The zero-order valence-corrected chi connectivity index (χ0v) is 17.4. The lowest BCUT2D eigenvalue weighted by atomic mass is 9.77. The average molecular weight is 395 g/mol. The number of fused-ring (bicyclic) bond motifs is 1. The summed E-state index contributed by atoms with van der Waals surface area (Å²) in [7, 11) is 1.65. The van der Waals surface area contributed by atoms with E-state index in [0.717, 1.165) is 35.4 Å². The zero-order valence-electron chi connectivity index (χ0n) is 17.4. The molecule has 2 heterocycles. The first kappa shape index (κ1) is 19.8. The molecular weight excluding hydrogens is 366 g/mol. The van der Waals surface area contributed by atoms with E-state index in [9.17, 15) is 4.79 Å². The van der Waals surface area contributed by atoms with Gasteiger partial charge < -0.3 is 13.6 Å². The summed E-state index contributed by atoms with van der Waals surface area (Å²) < 4.78 is 16.5. The molecule has 154 valence electrons. The number of nitrogens with zero attached hydrogens (tertiary/aromatic N) is 1. The fraction of sp³-hybridized carbons (Fsp3) is 0.458. The van der Waals surface area contributed by atoms with Gasteiger partial charge in [0.25, 0.3) is 0 Å². The minimum Gasteiger partial charge on any atom is -0.497 e. The topological polar surface area (TPSA) is 55.8 Å². The molecule has 0 spiro atoms. The Morgan fingerprint density at radius 3 is 2.76 bits per heavy atom. The summed E-state index contributed by atoms with van der Waals surface area (Å²) in [4.78, 5) is 14.7. The highest BCUT2D eigenvalue weighted by atomic mass is 16.5. The number of ether oxygens (including phenoxy) is 1. The molecule has 0 N–H and O–H groups in total. The molecule has 5 heteroatoms. The molecule has 0 amide bonds. The standard InChI is InChI=1S/C24H29NO4/c1-16-6-4-8-22(17(16)2)25(15-20-7-5-11-28-20)14-18-12-24(26)29-23-10-9-19(27-3)13-21(18)23/h5,7,9-13,16-17,22H,4,6,8,14-15H2,1-3H3/t16-,17+,22+/m0/s1. The van der Waals surface area contributed by atoms with Crippen molar-refractivity contribution < 1.29 is 13.6 Å². The van der Waals surface area contributed by atoms with E-state index in [2.05, 4.69) is 18.7 Å². The van der Waals surface area contributed by atoms with Gasteiger partial charge in [-0.15, -0.1) is 0 Å². The van der Waals surface area contributed by atoms with Crippen LogP contribution >= 0.6 is 0 Å². The molecule has 1 saturated carbocycles. The van der Waals surface area contributed by atoms with Crippen LogP contribution in [0.1, 0.15) is 44.4 Å². The van der Waals surface area contributed by atoms with E-state index in [-0.39, 0.29) is 5.63 Å². The molecule has 3 atom stereocenters. The van der Waals surface area contributed by atoms with Crippen molar-refractivity contribution in [2.45, 2.75) is 52.2 Å². The van der Waals surface area contributed by atoms with Crippen molar-refractivity contribution >= 4 is 11.0 Å². The SMILES string of the molecule is COc1ccc2oc(=O)cc(CN(Cc3ccco3)[C@@H]3CCC[C@H](C)[C@H]3C)c2c1. The number of furan rings is 1. The molecule has 1 aromatic carbocycles. The smallest absolute Gasteiger partial charge is 0.336 e. The molecule has 0 unspecified atom stereocenters. The largest absolute Gasteiger partial charge is 0.497 e. The molecule has 2 aromatic heterocycles. The third-order valence-corrected chi connectivity index (χ3v) is 6.48. The Bertz CT molecular complexity index is 1010. The Kier molecular flexibility index (Phi) is 5.76. The molecule has 29 heavy (non-hydrogen) atoms. The highest BCUT2D eigenvalue weighted by Gasteiger charge is 2.32. The van der Waals surface area contributed by atoms with Crippen LogP contribution in [-0.2, 0) is 13.1 Å². The quantitative estimate of drug-likeness (QED) is 0.536. The second-order valence-electron chi connectivity index (χ2n) is 8.27. The van der Waals surface area contributed by atoms with Gasteiger partial charge in [-0.1, -0.05) is 26.7 Å². The van der Waals surface area contributed by atoms with Crippen molar-refractivity contribution in [3.8, 4) is 5.75 Å². The minimum absolute atomic E-state index is 0.319. The Balaban J connectivity index is 1.72. The first-order valence-corrected chi connectivity index (χ1v) is 10.4. The van der Waals surface area contributed by atoms with Gasteiger partial charge in [0.05, 0.1) is 19.9 Å². The first-order valence-electron chi connectivity index (χ1n) is 10.4. The first-order chi connectivity index (χ1) is 14.0. The van der Waals surface area contributed by atoms with Gasteiger partial charge in [-0.2, -0.15) is 0 Å². The monoisotopic (exact) mass is 395 g/mol. The Hall–Kier alpha value is -2.53. The van der Waals surface area contributed by atoms with E-state index in [1.807, 2.05) is 24.3 Å². The van der Waals surface area contributed by atoms with E-state index >= 15 is 0 Å². The van der Waals surface area contributed by atoms with E-state index in [4.69, 9.17) is 13.6 Å². The summed E-state index contributed by atoms with van der Waals surface area (Å²) >= 11 is 0. The van der Waals surface area contributed by atoms with Crippen molar-refractivity contribution in [2.75, 3.05) is 7.11 Å². The fourth-order valence-corrected chi connectivity index (χ4v) is 4.65. The van der Waals surface area contributed by atoms with Gasteiger partial charge in [0.15, 0.2) is 0 Å². The van der Waals surface area contributed by atoms with Gasteiger partial charge in [0, 0.05) is 24.0 Å². The molecule has 4 rings (SSSR count). The molecule has 1 aliphatic carbocycles. The maximum absolute atomic E-state index is 12.2. The molecule has 3 aromatic rings. The normalized spacial score (nSPS) is 22.3. The van der Waals surface area contributed by atoms with Crippen molar-refractivity contribution in [3.05, 3.63) is 64.4 Å². The number of benzene rings is 1. The molecule has 0 saturated heterocycles. The predicted molar refractivity (Wildman–Crippen MR) is 113 cm³/mol. The van der Waals surface area contributed by atoms with E-state index in [0.29, 0.717) is 30.0 Å². The van der Waals surface area contributed by atoms with Crippen LogP contribution in [0.25, 0.3) is 11.0 Å². The highest BCUT2D eigenvalue weighted by Crippen LogP contribution is 2.35. The summed E-state index contributed by atoms with van der Waals surface area (Å²) in [6, 6.07) is 11.6.